The number of carbonyl (C=O) groups excluding carboxylic acids is 3. The van der Waals surface area contributed by atoms with Gasteiger partial charge in [-0.25, -0.2) is 18.2 Å². The molecule has 1 aromatic heterocycles. The number of imidazole rings is 1. The number of likely N-dealkylation sites (tertiary alicyclic amines) is 1. The second kappa shape index (κ2) is 16.1. The number of nitrogens with zero attached hydrogens (tertiary/aromatic N) is 3. The van der Waals surface area contributed by atoms with Gasteiger partial charge < -0.3 is 25.3 Å². The van der Waals surface area contributed by atoms with Gasteiger partial charge in [0.2, 0.25) is 0 Å². The van der Waals surface area contributed by atoms with Crippen molar-refractivity contribution < 1.29 is 27.5 Å². The third-order valence-corrected chi connectivity index (χ3v) is 11.6. The van der Waals surface area contributed by atoms with E-state index in [1.54, 1.807) is 23.2 Å². The summed E-state index contributed by atoms with van der Waals surface area (Å²) in [7, 11) is -1.64. The van der Waals surface area contributed by atoms with Gasteiger partial charge in [-0.2, -0.15) is 0 Å². The molecule has 12 nitrogen and oxygen atoms in total. The van der Waals surface area contributed by atoms with Crippen LogP contribution >= 0.6 is 0 Å². The van der Waals surface area contributed by atoms with Gasteiger partial charge in [0.05, 0.1) is 36.5 Å². The van der Waals surface area contributed by atoms with E-state index in [0.29, 0.717) is 48.8 Å². The smallest absolute Gasteiger partial charge is 0.407 e. The van der Waals surface area contributed by atoms with Crippen LogP contribution in [0.5, 0.6) is 0 Å². The quantitative estimate of drug-likeness (QED) is 0.158. The summed E-state index contributed by atoms with van der Waals surface area (Å²) in [5.74, 6) is 0.645. The Morgan fingerprint density at radius 3 is 2.17 bits per heavy atom. The number of H-pyrrole nitrogens is 1. The number of amides is 3. The highest BCUT2D eigenvalue weighted by Gasteiger charge is 2.37. The van der Waals surface area contributed by atoms with Crippen LogP contribution in [0.15, 0.2) is 109 Å². The van der Waals surface area contributed by atoms with Gasteiger partial charge in [0, 0.05) is 37.4 Å². The lowest BCUT2D eigenvalue weighted by atomic mass is 10.0. The minimum absolute atomic E-state index is 0.195. The number of methoxy groups -OCH3 is 1. The molecule has 4 aromatic carbocycles. The Bertz CT molecular complexity index is 2190. The summed E-state index contributed by atoms with van der Waals surface area (Å²) in [6, 6.07) is 31.1. The Morgan fingerprint density at radius 1 is 0.852 bits per heavy atom. The molecule has 0 bridgehead atoms. The summed E-state index contributed by atoms with van der Waals surface area (Å²) in [5, 5.41) is 5.65. The average Bonchev–Trinajstić information content (AvgIpc) is 3.90. The maximum Gasteiger partial charge on any atom is 0.407 e. The number of anilines is 1. The van der Waals surface area contributed by atoms with Crippen molar-refractivity contribution in [3.05, 3.63) is 132 Å². The standard InChI is InChI=1S/C41H42N6O6S/c1-53-41(50)45-37(32-6-3-2-4-7-32)40(49)47-21-5-8-36(47)38-42-26-35(44-38)31-15-11-29(12-16-31)30-13-17-33(18-14-30)39(48)43-34-19-9-28(10-20-34)27-46-22-24-54(51,52)25-23-46/h2-4,6-7,9-20,26,36-37H,5,8,21-25,27H2,1H3,(H,42,44)(H,43,48)(H,45,50)/t36-,37-/m1/s1. The molecule has 2 aliphatic rings. The first-order chi connectivity index (χ1) is 26.2. The van der Waals surface area contributed by atoms with Crippen LogP contribution in [0.4, 0.5) is 10.5 Å². The van der Waals surface area contributed by atoms with Crippen molar-refractivity contribution in [2.45, 2.75) is 31.5 Å². The molecule has 2 fully saturated rings. The first-order valence-corrected chi connectivity index (χ1v) is 19.8. The lowest BCUT2D eigenvalue weighted by molar-refractivity contribution is -0.134. The van der Waals surface area contributed by atoms with Gasteiger partial charge in [-0.1, -0.05) is 78.9 Å². The maximum absolute atomic E-state index is 13.8. The number of carbonyl (C=O) groups is 3. The fourth-order valence-electron chi connectivity index (χ4n) is 6.96. The molecule has 5 aromatic rings. The van der Waals surface area contributed by atoms with Crippen molar-refractivity contribution in [2.24, 2.45) is 0 Å². The van der Waals surface area contributed by atoms with Crippen molar-refractivity contribution in [2.75, 3.05) is 43.6 Å². The molecule has 2 aliphatic heterocycles. The molecule has 3 heterocycles. The van der Waals surface area contributed by atoms with E-state index in [-0.39, 0.29) is 29.4 Å². The number of alkyl carbamates (subject to hydrolysis) is 1. The van der Waals surface area contributed by atoms with Gasteiger partial charge in [-0.3, -0.25) is 14.5 Å². The van der Waals surface area contributed by atoms with Gasteiger partial charge >= 0.3 is 6.09 Å². The fraction of sp³-hybridized carbons (Fsp3) is 0.268. The second-order valence-electron chi connectivity index (χ2n) is 13.6. The van der Waals surface area contributed by atoms with Crippen LogP contribution in [0.2, 0.25) is 0 Å². The number of ether oxygens (including phenoxy) is 1. The second-order valence-corrected chi connectivity index (χ2v) is 15.9. The summed E-state index contributed by atoms with van der Waals surface area (Å²) in [5.41, 5.74) is 6.68. The molecule has 0 unspecified atom stereocenters. The molecule has 54 heavy (non-hydrogen) atoms. The van der Waals surface area contributed by atoms with E-state index in [2.05, 4.69) is 25.5 Å². The van der Waals surface area contributed by atoms with Gasteiger partial charge in [0.15, 0.2) is 9.84 Å². The van der Waals surface area contributed by atoms with E-state index < -0.39 is 22.0 Å². The predicted molar refractivity (Wildman–Crippen MR) is 206 cm³/mol. The Labute approximate surface area is 314 Å². The third kappa shape index (κ3) is 8.53. The number of benzene rings is 4. The van der Waals surface area contributed by atoms with Crippen LogP contribution in [-0.4, -0.2) is 84.3 Å². The van der Waals surface area contributed by atoms with E-state index in [1.165, 1.54) is 7.11 Å². The van der Waals surface area contributed by atoms with Crippen LogP contribution in [0, 0.1) is 0 Å². The van der Waals surface area contributed by atoms with Crippen molar-refractivity contribution in [1.82, 2.24) is 25.1 Å². The molecule has 0 spiro atoms. The van der Waals surface area contributed by atoms with Crippen LogP contribution in [-0.2, 0) is 25.9 Å². The number of rotatable bonds is 10. The van der Waals surface area contributed by atoms with E-state index in [4.69, 9.17) is 4.74 Å². The molecule has 0 radical (unpaired) electrons. The zero-order chi connectivity index (χ0) is 37.7. The average molecular weight is 747 g/mol. The molecule has 13 heteroatoms. The Hall–Kier alpha value is -5.79. The highest BCUT2D eigenvalue weighted by Crippen LogP contribution is 2.34. The van der Waals surface area contributed by atoms with Crippen molar-refractivity contribution in [3.8, 4) is 22.4 Å². The SMILES string of the molecule is COC(=O)N[C@@H](C(=O)N1CCC[C@@H]1c1ncc(-c2ccc(-c3ccc(C(=O)Nc4ccc(CN5CCS(=O)(=O)CC5)cc4)cc3)cc2)[nH]1)c1ccccc1. The van der Waals surface area contributed by atoms with Crippen LogP contribution in [0.25, 0.3) is 22.4 Å². The zero-order valence-corrected chi connectivity index (χ0v) is 30.7. The zero-order valence-electron chi connectivity index (χ0n) is 29.9. The summed E-state index contributed by atoms with van der Waals surface area (Å²) >= 11 is 0. The normalized spacial score (nSPS) is 17.4. The summed E-state index contributed by atoms with van der Waals surface area (Å²) in [6.07, 6.45) is 2.65. The Morgan fingerprint density at radius 2 is 1.50 bits per heavy atom. The topological polar surface area (TPSA) is 154 Å². The fourth-order valence-corrected chi connectivity index (χ4v) is 8.24. The Kier molecular flexibility index (Phi) is 10.9. The number of hydrogen-bond donors (Lipinski definition) is 3. The molecule has 278 valence electrons. The van der Waals surface area contributed by atoms with Gasteiger partial charge in [0.1, 0.15) is 11.9 Å². The van der Waals surface area contributed by atoms with Gasteiger partial charge in [-0.05, 0) is 64.9 Å². The summed E-state index contributed by atoms with van der Waals surface area (Å²) < 4.78 is 28.2. The molecule has 2 saturated heterocycles. The van der Waals surface area contributed by atoms with E-state index in [0.717, 1.165) is 40.8 Å². The molecule has 7 rings (SSSR count). The maximum atomic E-state index is 13.8. The lowest BCUT2D eigenvalue weighted by Gasteiger charge is -2.28. The van der Waals surface area contributed by atoms with Crippen molar-refractivity contribution in [3.63, 3.8) is 0 Å². The first-order valence-electron chi connectivity index (χ1n) is 17.9. The summed E-state index contributed by atoms with van der Waals surface area (Å²) in [6.45, 7) is 2.29. The highest BCUT2D eigenvalue weighted by molar-refractivity contribution is 7.91. The Balaban J connectivity index is 0.961. The molecular weight excluding hydrogens is 705 g/mol. The van der Waals surface area contributed by atoms with Gasteiger partial charge in [0.25, 0.3) is 11.8 Å². The minimum Gasteiger partial charge on any atom is -0.453 e. The summed E-state index contributed by atoms with van der Waals surface area (Å²) in [4.78, 5) is 51.0. The molecule has 0 aliphatic carbocycles. The molecular formula is C41H42N6O6S. The number of sulfone groups is 1. The van der Waals surface area contributed by atoms with E-state index >= 15 is 0 Å². The monoisotopic (exact) mass is 746 g/mol. The van der Waals surface area contributed by atoms with Crippen LogP contribution in [0.1, 0.15) is 52.2 Å². The number of aromatic nitrogens is 2. The number of nitrogens with one attached hydrogen (secondary N) is 3. The van der Waals surface area contributed by atoms with E-state index in [9.17, 15) is 22.8 Å². The number of aromatic amines is 1. The molecule has 0 saturated carbocycles. The first kappa shape index (κ1) is 36.6. The lowest BCUT2D eigenvalue weighted by Crippen LogP contribution is -2.42. The van der Waals surface area contributed by atoms with Crippen LogP contribution < -0.4 is 10.6 Å². The largest absolute Gasteiger partial charge is 0.453 e. The molecule has 3 N–H and O–H groups in total. The van der Waals surface area contributed by atoms with Crippen molar-refractivity contribution >= 4 is 33.4 Å². The minimum atomic E-state index is -2.91. The van der Waals surface area contributed by atoms with E-state index in [1.807, 2.05) is 91.0 Å². The predicted octanol–water partition coefficient (Wildman–Crippen LogP) is 5.99. The van der Waals surface area contributed by atoms with Crippen molar-refractivity contribution in [1.29, 1.82) is 0 Å². The molecule has 2 atom stereocenters. The molecule has 3 amide bonds. The van der Waals surface area contributed by atoms with Gasteiger partial charge in [-0.15, -0.1) is 0 Å². The third-order valence-electron chi connectivity index (χ3n) is 10.0. The van der Waals surface area contributed by atoms with Crippen LogP contribution in [0.3, 0.4) is 0 Å². The highest BCUT2D eigenvalue weighted by atomic mass is 32.2. The number of hydrogen-bond acceptors (Lipinski definition) is 8.